The Morgan fingerprint density at radius 1 is 1.29 bits per heavy atom. The van der Waals surface area contributed by atoms with Crippen LogP contribution >= 0.6 is 11.6 Å². The van der Waals surface area contributed by atoms with Crippen molar-refractivity contribution in [2.45, 2.75) is 6.92 Å². The highest BCUT2D eigenvalue weighted by Gasteiger charge is 2.21. The van der Waals surface area contributed by atoms with Crippen molar-refractivity contribution in [3.05, 3.63) is 22.7 Å². The van der Waals surface area contributed by atoms with E-state index in [-0.39, 0.29) is 13.1 Å². The summed E-state index contributed by atoms with van der Waals surface area (Å²) in [6.07, 6.45) is 1.09. The van der Waals surface area contributed by atoms with Gasteiger partial charge in [0.2, 0.25) is 15.9 Å². The van der Waals surface area contributed by atoms with E-state index in [1.54, 1.807) is 19.1 Å². The molecule has 0 aliphatic carbocycles. The summed E-state index contributed by atoms with van der Waals surface area (Å²) in [5.74, 6) is -0.0302. The molecule has 1 N–H and O–H groups in total. The number of carbonyl (C=O) groups is 1. The lowest BCUT2D eigenvalue weighted by atomic mass is 10.2. The average Bonchev–Trinajstić information content (AvgIpc) is 2.45. The van der Waals surface area contributed by atoms with Crippen molar-refractivity contribution in [2.75, 3.05) is 52.4 Å². The highest BCUT2D eigenvalue weighted by molar-refractivity contribution is 7.88. The fraction of sp³-hybridized carbons (Fsp3) is 0.533. The van der Waals surface area contributed by atoms with Crippen molar-refractivity contribution in [1.29, 1.82) is 0 Å². The van der Waals surface area contributed by atoms with Crippen LogP contribution in [0.4, 0.5) is 5.69 Å². The van der Waals surface area contributed by atoms with Crippen molar-refractivity contribution in [3.8, 4) is 5.75 Å². The maximum atomic E-state index is 12.3. The van der Waals surface area contributed by atoms with Crippen molar-refractivity contribution >= 4 is 33.2 Å². The van der Waals surface area contributed by atoms with Gasteiger partial charge in [0.1, 0.15) is 5.75 Å². The van der Waals surface area contributed by atoms with Crippen LogP contribution < -0.4 is 10.1 Å². The highest BCUT2D eigenvalue weighted by Crippen LogP contribution is 2.30. The standard InChI is InChI=1S/C15H24ClN3O4S/c1-11-8-13(14(23-4)9-12(11)16)17-15(20)10-19(24(5,21)22)7-6-18(2)3/h8-9H,6-7,10H2,1-5H3,(H,17,20). The number of aryl methyl sites for hydroxylation is 1. The Balaban J connectivity index is 2.88. The van der Waals surface area contributed by atoms with Gasteiger partial charge in [-0.3, -0.25) is 4.79 Å². The van der Waals surface area contributed by atoms with Gasteiger partial charge < -0.3 is 15.0 Å². The summed E-state index contributed by atoms with van der Waals surface area (Å²) in [5.41, 5.74) is 1.23. The predicted molar refractivity (Wildman–Crippen MR) is 96.3 cm³/mol. The largest absolute Gasteiger partial charge is 0.495 e. The number of nitrogens with zero attached hydrogens (tertiary/aromatic N) is 2. The van der Waals surface area contributed by atoms with Crippen LogP contribution in [0.25, 0.3) is 0 Å². The second-order valence-electron chi connectivity index (χ2n) is 5.75. The lowest BCUT2D eigenvalue weighted by molar-refractivity contribution is -0.116. The van der Waals surface area contributed by atoms with E-state index in [9.17, 15) is 13.2 Å². The molecule has 0 aliphatic rings. The summed E-state index contributed by atoms with van der Waals surface area (Å²) in [4.78, 5) is 14.1. The Labute approximate surface area is 148 Å². The fourth-order valence-corrected chi connectivity index (χ4v) is 2.87. The first-order valence-corrected chi connectivity index (χ1v) is 9.51. The second kappa shape index (κ2) is 8.66. The van der Waals surface area contributed by atoms with Crippen molar-refractivity contribution in [2.24, 2.45) is 0 Å². The van der Waals surface area contributed by atoms with Crippen LogP contribution in [-0.4, -0.2) is 70.6 Å². The van der Waals surface area contributed by atoms with Crippen molar-refractivity contribution in [1.82, 2.24) is 9.21 Å². The zero-order chi connectivity index (χ0) is 18.5. The van der Waals surface area contributed by atoms with Gasteiger partial charge in [-0.15, -0.1) is 0 Å². The normalized spacial score (nSPS) is 11.8. The van der Waals surface area contributed by atoms with E-state index in [4.69, 9.17) is 16.3 Å². The van der Waals surface area contributed by atoms with Gasteiger partial charge in [0, 0.05) is 24.2 Å². The summed E-state index contributed by atoms with van der Waals surface area (Å²) in [6, 6.07) is 3.29. The number of carbonyl (C=O) groups excluding carboxylic acids is 1. The molecule has 1 aromatic rings. The van der Waals surface area contributed by atoms with E-state index in [1.807, 2.05) is 19.0 Å². The molecule has 0 saturated carbocycles. The van der Waals surface area contributed by atoms with Crippen LogP contribution in [0.1, 0.15) is 5.56 Å². The number of hydrogen-bond acceptors (Lipinski definition) is 5. The third-order valence-electron chi connectivity index (χ3n) is 3.34. The second-order valence-corrected chi connectivity index (χ2v) is 8.14. The Morgan fingerprint density at radius 3 is 2.42 bits per heavy atom. The van der Waals surface area contributed by atoms with Crippen LogP contribution in [0.2, 0.25) is 5.02 Å². The molecule has 0 spiro atoms. The van der Waals surface area contributed by atoms with E-state index >= 15 is 0 Å². The molecule has 1 amide bonds. The Hall–Kier alpha value is -1.35. The third-order valence-corrected chi connectivity index (χ3v) is 5.00. The lowest BCUT2D eigenvalue weighted by Crippen LogP contribution is -2.41. The molecular weight excluding hydrogens is 354 g/mol. The lowest BCUT2D eigenvalue weighted by Gasteiger charge is -2.21. The molecular formula is C15H24ClN3O4S. The molecule has 0 saturated heterocycles. The highest BCUT2D eigenvalue weighted by atomic mass is 35.5. The molecule has 7 nitrogen and oxygen atoms in total. The zero-order valence-corrected chi connectivity index (χ0v) is 16.2. The summed E-state index contributed by atoms with van der Waals surface area (Å²) >= 11 is 6.03. The van der Waals surface area contributed by atoms with E-state index in [2.05, 4.69) is 5.32 Å². The summed E-state index contributed by atoms with van der Waals surface area (Å²) in [6.45, 7) is 2.29. The van der Waals surface area contributed by atoms with Gasteiger partial charge >= 0.3 is 0 Å². The number of hydrogen-bond donors (Lipinski definition) is 1. The predicted octanol–water partition coefficient (Wildman–Crippen LogP) is 1.42. The number of amides is 1. The number of methoxy groups -OCH3 is 1. The van der Waals surface area contributed by atoms with Crippen LogP contribution in [0.5, 0.6) is 5.75 Å². The molecule has 1 rings (SSSR count). The molecule has 24 heavy (non-hydrogen) atoms. The average molecular weight is 378 g/mol. The minimum absolute atomic E-state index is 0.232. The van der Waals surface area contributed by atoms with E-state index in [1.165, 1.54) is 7.11 Å². The number of halogens is 1. The molecule has 0 atom stereocenters. The first-order chi connectivity index (χ1) is 11.0. The molecule has 9 heteroatoms. The monoisotopic (exact) mass is 377 g/mol. The number of likely N-dealkylation sites (N-methyl/N-ethyl adjacent to an activating group) is 1. The molecule has 0 aromatic heterocycles. The quantitative estimate of drug-likeness (QED) is 0.741. The van der Waals surface area contributed by atoms with Crippen LogP contribution in [0.3, 0.4) is 0 Å². The maximum Gasteiger partial charge on any atom is 0.239 e. The maximum absolute atomic E-state index is 12.3. The Morgan fingerprint density at radius 2 is 1.92 bits per heavy atom. The van der Waals surface area contributed by atoms with Gasteiger partial charge in [-0.2, -0.15) is 4.31 Å². The number of nitrogens with one attached hydrogen (secondary N) is 1. The first kappa shape index (κ1) is 20.7. The minimum Gasteiger partial charge on any atom is -0.495 e. The van der Waals surface area contributed by atoms with Crippen LogP contribution in [-0.2, 0) is 14.8 Å². The smallest absolute Gasteiger partial charge is 0.239 e. The Bertz CT molecular complexity index is 692. The Kier molecular flexibility index (Phi) is 7.47. The fourth-order valence-electron chi connectivity index (χ4n) is 1.95. The van der Waals surface area contributed by atoms with Gasteiger partial charge in [0.25, 0.3) is 0 Å². The molecule has 1 aromatic carbocycles. The molecule has 0 heterocycles. The number of anilines is 1. The molecule has 0 radical (unpaired) electrons. The summed E-state index contributed by atoms with van der Waals surface area (Å²) in [5, 5.41) is 3.20. The molecule has 0 aliphatic heterocycles. The van der Waals surface area contributed by atoms with E-state index < -0.39 is 15.9 Å². The van der Waals surface area contributed by atoms with Gasteiger partial charge in [-0.25, -0.2) is 8.42 Å². The number of benzene rings is 1. The molecule has 0 fully saturated rings. The van der Waals surface area contributed by atoms with Crippen LogP contribution in [0.15, 0.2) is 12.1 Å². The van der Waals surface area contributed by atoms with Crippen molar-refractivity contribution < 1.29 is 17.9 Å². The minimum atomic E-state index is -3.49. The molecule has 0 bridgehead atoms. The van der Waals surface area contributed by atoms with Gasteiger partial charge in [-0.1, -0.05) is 11.6 Å². The topological polar surface area (TPSA) is 79.0 Å². The van der Waals surface area contributed by atoms with Gasteiger partial charge in [0.05, 0.1) is 25.6 Å². The molecule has 0 unspecified atom stereocenters. The first-order valence-electron chi connectivity index (χ1n) is 7.28. The van der Waals surface area contributed by atoms with Crippen molar-refractivity contribution in [3.63, 3.8) is 0 Å². The summed E-state index contributed by atoms with van der Waals surface area (Å²) < 4.78 is 30.0. The number of rotatable bonds is 8. The number of ether oxygens (including phenoxy) is 1. The summed E-state index contributed by atoms with van der Waals surface area (Å²) in [7, 11) is 1.65. The van der Waals surface area contributed by atoms with Crippen LogP contribution in [0, 0.1) is 6.92 Å². The van der Waals surface area contributed by atoms with Gasteiger partial charge in [0.15, 0.2) is 0 Å². The third kappa shape index (κ3) is 6.27. The van der Waals surface area contributed by atoms with E-state index in [0.29, 0.717) is 23.0 Å². The van der Waals surface area contributed by atoms with Gasteiger partial charge in [-0.05, 0) is 32.6 Å². The number of sulfonamides is 1. The molecule has 136 valence electrons. The SMILES string of the molecule is COc1cc(Cl)c(C)cc1NC(=O)CN(CCN(C)C)S(C)(=O)=O. The van der Waals surface area contributed by atoms with E-state index in [0.717, 1.165) is 16.1 Å². The zero-order valence-electron chi connectivity index (χ0n) is 14.6.